The predicted octanol–water partition coefficient (Wildman–Crippen LogP) is 1.95. The first-order chi connectivity index (χ1) is 5.49. The molecule has 0 spiro atoms. The summed E-state index contributed by atoms with van der Waals surface area (Å²) in [5.74, 6) is 1.07. The molecule has 0 aliphatic carbocycles. The molecule has 0 bridgehead atoms. The van der Waals surface area contributed by atoms with Gasteiger partial charge in [-0.15, -0.1) is 10.2 Å². The molecule has 0 saturated carbocycles. The van der Waals surface area contributed by atoms with Crippen LogP contribution < -0.4 is 0 Å². The van der Waals surface area contributed by atoms with Crippen LogP contribution in [0.15, 0.2) is 11.5 Å². The molecule has 0 aliphatic rings. The third-order valence-electron chi connectivity index (χ3n) is 1.30. The Labute approximate surface area is 77.6 Å². The van der Waals surface area contributed by atoms with Gasteiger partial charge in [0.15, 0.2) is 5.16 Å². The Morgan fingerprint density at radius 2 is 2.17 bits per heavy atom. The highest BCUT2D eigenvalue weighted by Crippen LogP contribution is 2.24. The number of rotatable bonds is 2. The summed E-state index contributed by atoms with van der Waals surface area (Å²) in [6.07, 6.45) is 1.73. The highest BCUT2D eigenvalue weighted by atomic mass is 32.2. The highest BCUT2D eigenvalue weighted by molar-refractivity contribution is 7.99. The van der Waals surface area contributed by atoms with Crippen LogP contribution in [0, 0.1) is 5.41 Å². The molecular formula is C8H15N3S. The van der Waals surface area contributed by atoms with Crippen LogP contribution in [-0.4, -0.2) is 20.5 Å². The van der Waals surface area contributed by atoms with Crippen molar-refractivity contribution in [2.24, 2.45) is 12.5 Å². The molecule has 1 heterocycles. The Hall–Kier alpha value is -0.510. The van der Waals surface area contributed by atoms with E-state index in [-0.39, 0.29) is 0 Å². The summed E-state index contributed by atoms with van der Waals surface area (Å²) >= 11 is 1.75. The molecule has 0 saturated heterocycles. The molecule has 12 heavy (non-hydrogen) atoms. The molecule has 68 valence electrons. The first-order valence-electron chi connectivity index (χ1n) is 3.96. The molecule has 1 aromatic heterocycles. The van der Waals surface area contributed by atoms with Gasteiger partial charge in [0, 0.05) is 12.8 Å². The molecule has 0 unspecified atom stereocenters. The number of aryl methyl sites for hydroxylation is 1. The van der Waals surface area contributed by atoms with E-state index in [0.29, 0.717) is 5.41 Å². The van der Waals surface area contributed by atoms with Crippen LogP contribution in [-0.2, 0) is 7.05 Å². The van der Waals surface area contributed by atoms with Gasteiger partial charge in [0.05, 0.1) is 0 Å². The zero-order chi connectivity index (χ0) is 9.19. The zero-order valence-electron chi connectivity index (χ0n) is 8.03. The van der Waals surface area contributed by atoms with E-state index < -0.39 is 0 Å². The number of nitrogens with zero attached hydrogens (tertiary/aromatic N) is 3. The minimum absolute atomic E-state index is 0.344. The molecule has 1 rings (SSSR count). The summed E-state index contributed by atoms with van der Waals surface area (Å²) in [6.45, 7) is 6.66. The summed E-state index contributed by atoms with van der Waals surface area (Å²) in [5.41, 5.74) is 0.344. The maximum atomic E-state index is 3.99. The van der Waals surface area contributed by atoms with E-state index in [1.165, 1.54) is 0 Å². The fourth-order valence-electron chi connectivity index (χ4n) is 0.684. The van der Waals surface area contributed by atoms with Crippen LogP contribution in [0.4, 0.5) is 0 Å². The first kappa shape index (κ1) is 9.58. The average Bonchev–Trinajstić information content (AvgIpc) is 2.29. The van der Waals surface area contributed by atoms with E-state index in [4.69, 9.17) is 0 Å². The molecule has 0 aliphatic heterocycles. The predicted molar refractivity (Wildman–Crippen MR) is 51.2 cm³/mol. The second-order valence-electron chi connectivity index (χ2n) is 4.07. The molecule has 4 heteroatoms. The third kappa shape index (κ3) is 2.85. The Morgan fingerprint density at radius 3 is 2.58 bits per heavy atom. The van der Waals surface area contributed by atoms with Gasteiger partial charge in [-0.05, 0) is 5.41 Å². The quantitative estimate of drug-likeness (QED) is 0.660. The van der Waals surface area contributed by atoms with E-state index in [2.05, 4.69) is 31.0 Å². The van der Waals surface area contributed by atoms with Crippen molar-refractivity contribution in [2.45, 2.75) is 25.9 Å². The van der Waals surface area contributed by atoms with Crippen molar-refractivity contribution < 1.29 is 0 Å². The average molecular weight is 185 g/mol. The van der Waals surface area contributed by atoms with Crippen LogP contribution in [0.2, 0.25) is 0 Å². The van der Waals surface area contributed by atoms with E-state index in [1.807, 2.05) is 11.6 Å². The zero-order valence-corrected chi connectivity index (χ0v) is 8.85. The van der Waals surface area contributed by atoms with Crippen molar-refractivity contribution in [3.8, 4) is 0 Å². The molecule has 0 radical (unpaired) electrons. The van der Waals surface area contributed by atoms with Crippen LogP contribution in [0.25, 0.3) is 0 Å². The van der Waals surface area contributed by atoms with E-state index in [1.54, 1.807) is 18.1 Å². The molecular weight excluding hydrogens is 170 g/mol. The number of hydrogen-bond acceptors (Lipinski definition) is 3. The molecule has 3 nitrogen and oxygen atoms in total. The van der Waals surface area contributed by atoms with Crippen molar-refractivity contribution in [1.82, 2.24) is 14.8 Å². The summed E-state index contributed by atoms with van der Waals surface area (Å²) in [7, 11) is 1.96. The standard InChI is InChI=1S/C8H15N3S/c1-8(2,3)5-12-7-10-9-6-11(7)4/h6H,5H2,1-4H3. The van der Waals surface area contributed by atoms with Crippen molar-refractivity contribution in [1.29, 1.82) is 0 Å². The summed E-state index contributed by atoms with van der Waals surface area (Å²) in [6, 6.07) is 0. The second-order valence-corrected chi connectivity index (χ2v) is 5.02. The van der Waals surface area contributed by atoms with E-state index >= 15 is 0 Å². The van der Waals surface area contributed by atoms with Crippen molar-refractivity contribution in [3.05, 3.63) is 6.33 Å². The highest BCUT2D eigenvalue weighted by Gasteiger charge is 2.12. The van der Waals surface area contributed by atoms with Crippen LogP contribution in [0.5, 0.6) is 0 Å². The first-order valence-corrected chi connectivity index (χ1v) is 4.94. The number of hydrogen-bond donors (Lipinski definition) is 0. The van der Waals surface area contributed by atoms with Crippen LogP contribution in [0.1, 0.15) is 20.8 Å². The Balaban J connectivity index is 2.49. The minimum atomic E-state index is 0.344. The Kier molecular flexibility index (Phi) is 2.77. The van der Waals surface area contributed by atoms with Gasteiger partial charge in [-0.25, -0.2) is 0 Å². The lowest BCUT2D eigenvalue weighted by Crippen LogP contribution is -2.08. The lowest BCUT2D eigenvalue weighted by atomic mass is 10.0. The topological polar surface area (TPSA) is 30.7 Å². The van der Waals surface area contributed by atoms with Gasteiger partial charge in [0.1, 0.15) is 6.33 Å². The second kappa shape index (κ2) is 3.47. The van der Waals surface area contributed by atoms with E-state index in [0.717, 1.165) is 10.9 Å². The van der Waals surface area contributed by atoms with Crippen LogP contribution >= 0.6 is 11.8 Å². The molecule has 0 aromatic carbocycles. The summed E-state index contributed by atoms with van der Waals surface area (Å²) in [4.78, 5) is 0. The van der Waals surface area contributed by atoms with Gasteiger partial charge < -0.3 is 4.57 Å². The van der Waals surface area contributed by atoms with E-state index in [9.17, 15) is 0 Å². The normalized spacial score (nSPS) is 12.0. The van der Waals surface area contributed by atoms with Crippen molar-refractivity contribution >= 4 is 11.8 Å². The Bertz CT molecular complexity index is 249. The van der Waals surface area contributed by atoms with Crippen molar-refractivity contribution in [2.75, 3.05) is 5.75 Å². The number of thioether (sulfide) groups is 1. The van der Waals surface area contributed by atoms with Gasteiger partial charge in [-0.2, -0.15) is 0 Å². The molecule has 0 N–H and O–H groups in total. The fourth-order valence-corrected chi connectivity index (χ4v) is 1.60. The Morgan fingerprint density at radius 1 is 1.50 bits per heavy atom. The van der Waals surface area contributed by atoms with Gasteiger partial charge in [-0.1, -0.05) is 32.5 Å². The minimum Gasteiger partial charge on any atom is -0.312 e. The van der Waals surface area contributed by atoms with Gasteiger partial charge in [0.2, 0.25) is 0 Å². The van der Waals surface area contributed by atoms with Gasteiger partial charge in [0.25, 0.3) is 0 Å². The molecule has 0 fully saturated rings. The molecule has 0 atom stereocenters. The SMILES string of the molecule is Cn1cnnc1SCC(C)(C)C. The summed E-state index contributed by atoms with van der Waals surface area (Å²) in [5, 5.41) is 8.80. The van der Waals surface area contributed by atoms with Gasteiger partial charge >= 0.3 is 0 Å². The van der Waals surface area contributed by atoms with Crippen molar-refractivity contribution in [3.63, 3.8) is 0 Å². The fraction of sp³-hybridized carbons (Fsp3) is 0.750. The maximum absolute atomic E-state index is 3.99. The smallest absolute Gasteiger partial charge is 0.190 e. The number of aromatic nitrogens is 3. The lowest BCUT2D eigenvalue weighted by Gasteiger charge is -2.16. The monoisotopic (exact) mass is 185 g/mol. The largest absolute Gasteiger partial charge is 0.312 e. The maximum Gasteiger partial charge on any atom is 0.190 e. The van der Waals surface area contributed by atoms with Gasteiger partial charge in [-0.3, -0.25) is 0 Å². The molecule has 1 aromatic rings. The lowest BCUT2D eigenvalue weighted by molar-refractivity contribution is 0.480. The van der Waals surface area contributed by atoms with Crippen LogP contribution in [0.3, 0.4) is 0 Å². The summed E-state index contributed by atoms with van der Waals surface area (Å²) < 4.78 is 1.94. The third-order valence-corrected chi connectivity index (χ3v) is 2.94. The molecule has 0 amide bonds.